The summed E-state index contributed by atoms with van der Waals surface area (Å²) in [6.45, 7) is 2.20. The van der Waals surface area contributed by atoms with Crippen LogP contribution in [0.3, 0.4) is 0 Å². The molecule has 1 heterocycles. The third kappa shape index (κ3) is 3.29. The first-order chi connectivity index (χ1) is 9.93. The molecule has 1 aliphatic heterocycles. The van der Waals surface area contributed by atoms with Gasteiger partial charge in [-0.05, 0) is 41.4 Å². The molecule has 2 atom stereocenters. The summed E-state index contributed by atoms with van der Waals surface area (Å²) >= 11 is 3.34. The fourth-order valence-corrected chi connectivity index (χ4v) is 2.90. The predicted octanol–water partition coefficient (Wildman–Crippen LogP) is 2.78. The van der Waals surface area contributed by atoms with E-state index in [4.69, 9.17) is 9.84 Å². The molecule has 1 aliphatic rings. The zero-order chi connectivity index (χ0) is 15.6. The van der Waals surface area contributed by atoms with Crippen molar-refractivity contribution in [2.24, 2.45) is 5.92 Å². The number of amides is 2. The molecule has 2 amide bonds. The van der Waals surface area contributed by atoms with Gasteiger partial charge in [-0.25, -0.2) is 4.79 Å². The van der Waals surface area contributed by atoms with Crippen LogP contribution in [-0.4, -0.2) is 41.7 Å². The Morgan fingerprint density at radius 2 is 2.19 bits per heavy atom. The Hall–Kier alpha value is -1.76. The molecule has 1 fully saturated rings. The van der Waals surface area contributed by atoms with Crippen LogP contribution in [0.5, 0.6) is 5.75 Å². The second kappa shape index (κ2) is 6.34. The van der Waals surface area contributed by atoms with Gasteiger partial charge in [0, 0.05) is 24.3 Å². The van der Waals surface area contributed by atoms with Crippen LogP contribution in [0.2, 0.25) is 0 Å². The topological polar surface area (TPSA) is 78.9 Å². The minimum absolute atomic E-state index is 0.296. The van der Waals surface area contributed by atoms with E-state index in [-0.39, 0.29) is 12.1 Å². The standard InChI is InChI=1S/C14H17BrN2O4/c1-8-10(13(18)19)5-6-17(8)14(20)16-9-3-4-11(15)12(7-9)21-2/h3-4,7-8,10H,5-6H2,1-2H3,(H,16,20)(H,18,19). The molecule has 1 saturated heterocycles. The Morgan fingerprint density at radius 1 is 1.48 bits per heavy atom. The lowest BCUT2D eigenvalue weighted by Crippen LogP contribution is -2.40. The molecule has 0 aliphatic carbocycles. The molecular weight excluding hydrogens is 340 g/mol. The van der Waals surface area contributed by atoms with Crippen molar-refractivity contribution in [2.45, 2.75) is 19.4 Å². The molecule has 7 heteroatoms. The van der Waals surface area contributed by atoms with Crippen LogP contribution in [0, 0.1) is 5.92 Å². The summed E-state index contributed by atoms with van der Waals surface area (Å²) in [5.41, 5.74) is 0.603. The molecule has 0 saturated carbocycles. The number of anilines is 1. The van der Waals surface area contributed by atoms with E-state index in [1.54, 1.807) is 37.1 Å². The number of carboxylic acids is 1. The molecule has 2 N–H and O–H groups in total. The highest BCUT2D eigenvalue weighted by Gasteiger charge is 2.38. The van der Waals surface area contributed by atoms with Gasteiger partial charge in [-0.15, -0.1) is 0 Å². The van der Waals surface area contributed by atoms with Crippen molar-refractivity contribution in [2.75, 3.05) is 19.0 Å². The third-order valence-corrected chi connectivity index (χ3v) is 4.39. The molecule has 2 rings (SSSR count). The minimum Gasteiger partial charge on any atom is -0.495 e. The lowest BCUT2D eigenvalue weighted by atomic mass is 10.0. The van der Waals surface area contributed by atoms with E-state index in [0.29, 0.717) is 24.4 Å². The van der Waals surface area contributed by atoms with E-state index >= 15 is 0 Å². The van der Waals surface area contributed by atoms with Crippen molar-refractivity contribution in [3.05, 3.63) is 22.7 Å². The summed E-state index contributed by atoms with van der Waals surface area (Å²) in [5.74, 6) is -0.746. The second-order valence-corrected chi connectivity index (χ2v) is 5.80. The van der Waals surface area contributed by atoms with Crippen LogP contribution in [-0.2, 0) is 4.79 Å². The van der Waals surface area contributed by atoms with Crippen molar-refractivity contribution in [1.82, 2.24) is 4.90 Å². The molecular formula is C14H17BrN2O4. The van der Waals surface area contributed by atoms with Gasteiger partial charge in [0.25, 0.3) is 0 Å². The number of nitrogens with one attached hydrogen (secondary N) is 1. The molecule has 1 aromatic carbocycles. The average molecular weight is 357 g/mol. The van der Waals surface area contributed by atoms with E-state index in [0.717, 1.165) is 4.47 Å². The van der Waals surface area contributed by atoms with Crippen molar-refractivity contribution >= 4 is 33.6 Å². The maximum absolute atomic E-state index is 12.2. The van der Waals surface area contributed by atoms with Crippen LogP contribution < -0.4 is 10.1 Å². The summed E-state index contributed by atoms with van der Waals surface area (Å²) in [7, 11) is 1.55. The molecule has 0 bridgehead atoms. The van der Waals surface area contributed by atoms with Crippen LogP contribution in [0.1, 0.15) is 13.3 Å². The third-order valence-electron chi connectivity index (χ3n) is 3.74. The van der Waals surface area contributed by atoms with Crippen molar-refractivity contribution in [3.8, 4) is 5.75 Å². The smallest absolute Gasteiger partial charge is 0.322 e. The molecule has 2 unspecified atom stereocenters. The number of carbonyl (C=O) groups excluding carboxylic acids is 1. The molecule has 0 spiro atoms. The quantitative estimate of drug-likeness (QED) is 0.872. The van der Waals surface area contributed by atoms with Gasteiger partial charge in [-0.3, -0.25) is 4.79 Å². The highest BCUT2D eigenvalue weighted by Crippen LogP contribution is 2.29. The summed E-state index contributed by atoms with van der Waals surface area (Å²) in [6, 6.07) is 4.62. The number of carboxylic acid groups (broad SMARTS) is 1. The van der Waals surface area contributed by atoms with Crippen LogP contribution in [0.25, 0.3) is 0 Å². The van der Waals surface area contributed by atoms with Gasteiger partial charge in [-0.2, -0.15) is 0 Å². The van der Waals surface area contributed by atoms with E-state index in [1.165, 1.54) is 0 Å². The second-order valence-electron chi connectivity index (χ2n) is 4.95. The van der Waals surface area contributed by atoms with Crippen molar-refractivity contribution in [1.29, 1.82) is 0 Å². The van der Waals surface area contributed by atoms with E-state index < -0.39 is 11.9 Å². The number of rotatable bonds is 3. The van der Waals surface area contributed by atoms with E-state index in [9.17, 15) is 9.59 Å². The van der Waals surface area contributed by atoms with E-state index in [2.05, 4.69) is 21.2 Å². The van der Waals surface area contributed by atoms with Gasteiger partial charge in [0.1, 0.15) is 5.75 Å². The number of aliphatic carboxylic acids is 1. The first-order valence-electron chi connectivity index (χ1n) is 6.58. The van der Waals surface area contributed by atoms with Gasteiger partial charge < -0.3 is 20.1 Å². The Kier molecular flexibility index (Phi) is 4.72. The number of carbonyl (C=O) groups is 2. The number of halogens is 1. The first kappa shape index (κ1) is 15.6. The normalized spacial score (nSPS) is 21.2. The number of ether oxygens (including phenoxy) is 1. The lowest BCUT2D eigenvalue weighted by molar-refractivity contribution is -0.142. The maximum Gasteiger partial charge on any atom is 0.322 e. The molecule has 114 valence electrons. The Balaban J connectivity index is 2.07. The highest BCUT2D eigenvalue weighted by molar-refractivity contribution is 9.10. The Bertz CT molecular complexity index is 564. The number of hydrogen-bond acceptors (Lipinski definition) is 3. The molecule has 0 radical (unpaired) electrons. The zero-order valence-electron chi connectivity index (χ0n) is 11.8. The average Bonchev–Trinajstić information content (AvgIpc) is 2.83. The lowest BCUT2D eigenvalue weighted by Gasteiger charge is -2.23. The highest BCUT2D eigenvalue weighted by atomic mass is 79.9. The zero-order valence-corrected chi connectivity index (χ0v) is 13.4. The number of methoxy groups -OCH3 is 1. The molecule has 0 aromatic heterocycles. The van der Waals surface area contributed by atoms with Gasteiger partial charge >= 0.3 is 12.0 Å². The molecule has 1 aromatic rings. The Labute approximate surface area is 131 Å². The largest absolute Gasteiger partial charge is 0.495 e. The van der Waals surface area contributed by atoms with Gasteiger partial charge in [-0.1, -0.05) is 0 Å². The number of benzene rings is 1. The first-order valence-corrected chi connectivity index (χ1v) is 7.37. The van der Waals surface area contributed by atoms with Gasteiger partial charge in [0.15, 0.2) is 0 Å². The summed E-state index contributed by atoms with van der Waals surface area (Å²) in [6.07, 6.45) is 0.480. The number of nitrogens with zero attached hydrogens (tertiary/aromatic N) is 1. The van der Waals surface area contributed by atoms with Crippen LogP contribution in [0.4, 0.5) is 10.5 Å². The van der Waals surface area contributed by atoms with Crippen LogP contribution >= 0.6 is 15.9 Å². The number of likely N-dealkylation sites (tertiary alicyclic amines) is 1. The SMILES string of the molecule is COc1cc(NC(=O)N2CCC(C(=O)O)C2C)ccc1Br. The predicted molar refractivity (Wildman–Crippen MR) is 81.6 cm³/mol. The van der Waals surface area contributed by atoms with Gasteiger partial charge in [0.2, 0.25) is 0 Å². The Morgan fingerprint density at radius 3 is 2.76 bits per heavy atom. The van der Waals surface area contributed by atoms with E-state index in [1.807, 2.05) is 0 Å². The fourth-order valence-electron chi connectivity index (χ4n) is 2.49. The molecule has 6 nitrogen and oxygen atoms in total. The number of urea groups is 1. The van der Waals surface area contributed by atoms with Crippen molar-refractivity contribution in [3.63, 3.8) is 0 Å². The monoisotopic (exact) mass is 356 g/mol. The maximum atomic E-state index is 12.2. The minimum atomic E-state index is -0.858. The molecule has 21 heavy (non-hydrogen) atoms. The van der Waals surface area contributed by atoms with Crippen molar-refractivity contribution < 1.29 is 19.4 Å². The van der Waals surface area contributed by atoms with Crippen LogP contribution in [0.15, 0.2) is 22.7 Å². The number of hydrogen-bond donors (Lipinski definition) is 2. The fraction of sp³-hybridized carbons (Fsp3) is 0.429. The summed E-state index contributed by atoms with van der Waals surface area (Å²) in [5, 5.41) is 11.9. The van der Waals surface area contributed by atoms with Gasteiger partial charge in [0.05, 0.1) is 17.5 Å². The summed E-state index contributed by atoms with van der Waals surface area (Å²) in [4.78, 5) is 24.9. The summed E-state index contributed by atoms with van der Waals surface area (Å²) < 4.78 is 5.97.